The third-order valence-corrected chi connectivity index (χ3v) is 3.95. The molecule has 3 nitrogen and oxygen atoms in total. The lowest BCUT2D eigenvalue weighted by atomic mass is 9.98. The lowest BCUT2D eigenvalue weighted by molar-refractivity contribution is 0.214. The van der Waals surface area contributed by atoms with Gasteiger partial charge in [0, 0.05) is 25.2 Å². The second-order valence-electron chi connectivity index (χ2n) is 5.50. The molecule has 1 saturated heterocycles. The van der Waals surface area contributed by atoms with Crippen LogP contribution in [0.5, 0.6) is 0 Å². The van der Waals surface area contributed by atoms with Gasteiger partial charge in [-0.3, -0.25) is 0 Å². The van der Waals surface area contributed by atoms with E-state index >= 15 is 0 Å². The molecule has 1 saturated carbocycles. The molecule has 1 aliphatic carbocycles. The molecule has 0 radical (unpaired) electrons. The fourth-order valence-electron chi connectivity index (χ4n) is 2.94. The van der Waals surface area contributed by atoms with Crippen LogP contribution in [0.4, 0.5) is 0 Å². The summed E-state index contributed by atoms with van der Waals surface area (Å²) in [5.41, 5.74) is 6.56. The molecule has 0 unspecified atom stereocenters. The Morgan fingerprint density at radius 1 is 1.00 bits per heavy atom. The summed E-state index contributed by atoms with van der Waals surface area (Å²) >= 11 is 0. The smallest absolute Gasteiger partial charge is 0.0283 e. The van der Waals surface area contributed by atoms with Crippen LogP contribution in [-0.2, 0) is 0 Å². The number of rotatable bonds is 2. The van der Waals surface area contributed by atoms with Crippen LogP contribution in [0.15, 0.2) is 0 Å². The number of hydrogen-bond acceptors (Lipinski definition) is 3. The van der Waals surface area contributed by atoms with E-state index < -0.39 is 0 Å². The highest BCUT2D eigenvalue weighted by molar-refractivity contribution is 4.92. The van der Waals surface area contributed by atoms with Crippen molar-refractivity contribution in [3.63, 3.8) is 0 Å². The summed E-state index contributed by atoms with van der Waals surface area (Å²) in [6.45, 7) is 6.02. The van der Waals surface area contributed by atoms with E-state index in [0.717, 1.165) is 6.54 Å². The van der Waals surface area contributed by atoms with Gasteiger partial charge in [0.2, 0.25) is 0 Å². The first-order valence-corrected chi connectivity index (χ1v) is 6.38. The van der Waals surface area contributed by atoms with Crippen LogP contribution in [0.3, 0.4) is 0 Å². The van der Waals surface area contributed by atoms with Crippen LogP contribution >= 0.6 is 0 Å². The molecule has 2 N–H and O–H groups in total. The van der Waals surface area contributed by atoms with E-state index in [9.17, 15) is 0 Å². The van der Waals surface area contributed by atoms with E-state index in [1.54, 1.807) is 0 Å². The van der Waals surface area contributed by atoms with Gasteiger partial charge < -0.3 is 15.5 Å². The lowest BCUT2D eigenvalue weighted by Gasteiger charge is -2.31. The highest BCUT2D eigenvalue weighted by atomic mass is 15.2. The van der Waals surface area contributed by atoms with Crippen LogP contribution in [0.25, 0.3) is 0 Å². The van der Waals surface area contributed by atoms with Gasteiger partial charge in [0.05, 0.1) is 0 Å². The van der Waals surface area contributed by atoms with Gasteiger partial charge in [-0.1, -0.05) is 12.8 Å². The largest absolute Gasteiger partial charge is 0.324 e. The van der Waals surface area contributed by atoms with Crippen molar-refractivity contribution >= 4 is 0 Å². The molecule has 0 spiro atoms. The van der Waals surface area contributed by atoms with Gasteiger partial charge in [-0.2, -0.15) is 0 Å². The monoisotopic (exact) mass is 211 g/mol. The maximum Gasteiger partial charge on any atom is 0.0283 e. The Kier molecular flexibility index (Phi) is 3.65. The SMILES string of the molecule is CN1CCCN(CC2(N)CCCC2)CC1. The van der Waals surface area contributed by atoms with Crippen LogP contribution in [-0.4, -0.2) is 55.1 Å². The highest BCUT2D eigenvalue weighted by Gasteiger charge is 2.31. The molecule has 0 aromatic rings. The maximum atomic E-state index is 6.42. The van der Waals surface area contributed by atoms with E-state index in [1.807, 2.05) is 0 Å². The summed E-state index contributed by atoms with van der Waals surface area (Å²) in [4.78, 5) is 5.01. The van der Waals surface area contributed by atoms with E-state index in [0.29, 0.717) is 0 Å². The van der Waals surface area contributed by atoms with Crippen molar-refractivity contribution in [3.8, 4) is 0 Å². The van der Waals surface area contributed by atoms with E-state index in [4.69, 9.17) is 5.73 Å². The zero-order valence-corrected chi connectivity index (χ0v) is 10.0. The van der Waals surface area contributed by atoms with Crippen molar-refractivity contribution in [2.45, 2.75) is 37.6 Å². The normalized spacial score (nSPS) is 29.2. The molecule has 0 aromatic carbocycles. The fraction of sp³-hybridized carbons (Fsp3) is 1.00. The Labute approximate surface area is 93.6 Å². The molecule has 0 amide bonds. The molecule has 2 fully saturated rings. The number of hydrogen-bond donors (Lipinski definition) is 1. The minimum atomic E-state index is 0.142. The summed E-state index contributed by atoms with van der Waals surface area (Å²) in [7, 11) is 2.22. The molecule has 2 aliphatic rings. The Morgan fingerprint density at radius 3 is 2.47 bits per heavy atom. The third kappa shape index (κ3) is 3.16. The predicted molar refractivity (Wildman–Crippen MR) is 63.9 cm³/mol. The summed E-state index contributed by atoms with van der Waals surface area (Å²) < 4.78 is 0. The zero-order valence-electron chi connectivity index (χ0n) is 10.0. The fourth-order valence-corrected chi connectivity index (χ4v) is 2.94. The lowest BCUT2D eigenvalue weighted by Crippen LogP contribution is -2.48. The first-order valence-electron chi connectivity index (χ1n) is 6.38. The Morgan fingerprint density at radius 2 is 1.73 bits per heavy atom. The minimum Gasteiger partial charge on any atom is -0.324 e. The van der Waals surface area contributed by atoms with Crippen LogP contribution in [0, 0.1) is 0 Å². The Bertz CT molecular complexity index is 199. The van der Waals surface area contributed by atoms with Crippen LogP contribution in [0.2, 0.25) is 0 Å². The second-order valence-corrected chi connectivity index (χ2v) is 5.50. The van der Waals surface area contributed by atoms with E-state index in [1.165, 1.54) is 58.3 Å². The van der Waals surface area contributed by atoms with Gasteiger partial charge >= 0.3 is 0 Å². The summed E-state index contributed by atoms with van der Waals surface area (Å²) in [6.07, 6.45) is 6.44. The summed E-state index contributed by atoms with van der Waals surface area (Å²) in [5.74, 6) is 0. The van der Waals surface area contributed by atoms with Crippen molar-refractivity contribution in [2.75, 3.05) is 39.8 Å². The average molecular weight is 211 g/mol. The van der Waals surface area contributed by atoms with Crippen molar-refractivity contribution in [1.29, 1.82) is 0 Å². The molecule has 0 bridgehead atoms. The quantitative estimate of drug-likeness (QED) is 0.736. The van der Waals surface area contributed by atoms with Crippen LogP contribution < -0.4 is 5.73 Å². The van der Waals surface area contributed by atoms with Gasteiger partial charge in [-0.15, -0.1) is 0 Å². The summed E-state index contributed by atoms with van der Waals surface area (Å²) in [6, 6.07) is 0. The maximum absolute atomic E-state index is 6.42. The standard InChI is InChI=1S/C12H25N3/c1-14-7-4-8-15(10-9-14)11-12(13)5-2-3-6-12/h2-11,13H2,1H3. The number of nitrogens with zero attached hydrogens (tertiary/aromatic N) is 2. The molecular weight excluding hydrogens is 186 g/mol. The first-order chi connectivity index (χ1) is 7.18. The molecule has 15 heavy (non-hydrogen) atoms. The van der Waals surface area contributed by atoms with Gasteiger partial charge in [0.15, 0.2) is 0 Å². The van der Waals surface area contributed by atoms with Crippen LogP contribution in [0.1, 0.15) is 32.1 Å². The summed E-state index contributed by atoms with van der Waals surface area (Å²) in [5, 5.41) is 0. The molecular formula is C12H25N3. The second kappa shape index (κ2) is 4.81. The number of nitrogens with two attached hydrogens (primary N) is 1. The molecule has 0 atom stereocenters. The van der Waals surface area contributed by atoms with Gasteiger partial charge in [0.1, 0.15) is 0 Å². The molecule has 88 valence electrons. The highest BCUT2D eigenvalue weighted by Crippen LogP contribution is 2.28. The van der Waals surface area contributed by atoms with Gasteiger partial charge in [0.25, 0.3) is 0 Å². The van der Waals surface area contributed by atoms with Gasteiger partial charge in [-0.25, -0.2) is 0 Å². The topological polar surface area (TPSA) is 32.5 Å². The molecule has 3 heteroatoms. The first kappa shape index (κ1) is 11.4. The number of likely N-dealkylation sites (N-methyl/N-ethyl adjacent to an activating group) is 1. The van der Waals surface area contributed by atoms with Crippen molar-refractivity contribution in [1.82, 2.24) is 9.80 Å². The van der Waals surface area contributed by atoms with Gasteiger partial charge in [-0.05, 0) is 39.4 Å². The zero-order chi connectivity index (χ0) is 10.7. The minimum absolute atomic E-state index is 0.142. The molecule has 0 aromatic heterocycles. The molecule has 1 aliphatic heterocycles. The van der Waals surface area contributed by atoms with Crippen molar-refractivity contribution < 1.29 is 0 Å². The molecule has 1 heterocycles. The Balaban J connectivity index is 1.82. The Hall–Kier alpha value is -0.120. The molecule has 2 rings (SSSR count). The van der Waals surface area contributed by atoms with E-state index in [-0.39, 0.29) is 5.54 Å². The third-order valence-electron chi connectivity index (χ3n) is 3.95. The predicted octanol–water partition coefficient (Wildman–Crippen LogP) is 0.895. The van der Waals surface area contributed by atoms with Crippen molar-refractivity contribution in [2.24, 2.45) is 5.73 Å². The average Bonchev–Trinajstić information content (AvgIpc) is 2.51. The van der Waals surface area contributed by atoms with Crippen molar-refractivity contribution in [3.05, 3.63) is 0 Å². The van der Waals surface area contributed by atoms with E-state index in [2.05, 4.69) is 16.8 Å².